The molecule has 0 unspecified atom stereocenters. The molecule has 5 nitrogen and oxygen atoms in total. The molecule has 0 saturated carbocycles. The van der Waals surface area contributed by atoms with E-state index in [0.29, 0.717) is 34.5 Å². The molecule has 0 amide bonds. The Balaban J connectivity index is 1.60. The fourth-order valence-electron chi connectivity index (χ4n) is 4.83. The van der Waals surface area contributed by atoms with Crippen LogP contribution in [0.1, 0.15) is 60.3 Å². The van der Waals surface area contributed by atoms with Crippen molar-refractivity contribution in [2.45, 2.75) is 46.3 Å². The summed E-state index contributed by atoms with van der Waals surface area (Å²) in [6.07, 6.45) is 2.27. The van der Waals surface area contributed by atoms with Gasteiger partial charge in [-0.3, -0.25) is 0 Å². The fraction of sp³-hybridized carbons (Fsp3) is 0.241. The summed E-state index contributed by atoms with van der Waals surface area (Å²) in [5, 5.41) is 9.68. The van der Waals surface area contributed by atoms with Gasteiger partial charge < -0.3 is 13.9 Å². The molecule has 0 saturated heterocycles. The third kappa shape index (κ3) is 4.53. The predicted octanol–water partition coefficient (Wildman–Crippen LogP) is 7.03. The first-order valence-corrected chi connectivity index (χ1v) is 11.9. The zero-order valence-corrected chi connectivity index (χ0v) is 20.6. The number of hydrogen-bond acceptors (Lipinski definition) is 4. The minimum Gasteiger partial charge on any atom is -0.488 e. The number of allylic oxidation sites excluding steroid dienone is 1. The number of halogens is 3. The van der Waals surface area contributed by atoms with Gasteiger partial charge in [-0.15, -0.1) is 0 Å². The summed E-state index contributed by atoms with van der Waals surface area (Å²) in [6.45, 7) is 3.00. The number of nitriles is 1. The highest BCUT2D eigenvalue weighted by atomic mass is 19.3. The van der Waals surface area contributed by atoms with Crippen LogP contribution in [0.5, 0.6) is 11.5 Å². The number of fused-ring (bicyclic) bond motifs is 3. The first kappa shape index (κ1) is 24.4. The van der Waals surface area contributed by atoms with Crippen molar-refractivity contribution >= 4 is 11.2 Å². The Hall–Kier alpha value is -4.25. The van der Waals surface area contributed by atoms with Gasteiger partial charge in [0.05, 0.1) is 17.5 Å². The number of aromatic nitrogens is 2. The van der Waals surface area contributed by atoms with Gasteiger partial charge in [-0.1, -0.05) is 32.0 Å². The fourth-order valence-corrected chi connectivity index (χ4v) is 4.83. The van der Waals surface area contributed by atoms with Crippen LogP contribution < -0.4 is 9.47 Å². The molecule has 0 atom stereocenters. The number of hydrogen-bond donors (Lipinski definition) is 0. The number of pyridine rings is 1. The van der Waals surface area contributed by atoms with Crippen LogP contribution in [0, 0.1) is 17.1 Å². The Morgan fingerprint density at radius 1 is 1.16 bits per heavy atom. The average Bonchev–Trinajstić information content (AvgIpc) is 3.15. The minimum absolute atomic E-state index is 0.0210. The van der Waals surface area contributed by atoms with E-state index in [1.807, 2.05) is 32.0 Å². The summed E-state index contributed by atoms with van der Waals surface area (Å²) in [5.74, 6) is 0.0459. The van der Waals surface area contributed by atoms with Gasteiger partial charge in [0, 0.05) is 35.4 Å². The summed E-state index contributed by atoms with van der Waals surface area (Å²) in [4.78, 5) is 4.65. The van der Waals surface area contributed by atoms with Crippen LogP contribution in [0.15, 0.2) is 60.3 Å². The normalized spacial score (nSPS) is 14.1. The van der Waals surface area contributed by atoms with Crippen molar-refractivity contribution in [1.82, 2.24) is 9.38 Å². The second kappa shape index (κ2) is 9.66. The van der Waals surface area contributed by atoms with E-state index in [0.717, 1.165) is 28.1 Å². The topological polar surface area (TPSA) is 59.5 Å². The van der Waals surface area contributed by atoms with Crippen LogP contribution >= 0.6 is 0 Å². The van der Waals surface area contributed by atoms with E-state index in [9.17, 15) is 18.4 Å². The molecule has 8 heteroatoms. The molecular weight excluding hydrogens is 479 g/mol. The molecule has 0 spiro atoms. The van der Waals surface area contributed by atoms with Gasteiger partial charge in [0.1, 0.15) is 18.2 Å². The molecule has 3 heterocycles. The monoisotopic (exact) mass is 503 g/mol. The van der Waals surface area contributed by atoms with Gasteiger partial charge in [0.25, 0.3) is 0 Å². The second-order valence-corrected chi connectivity index (χ2v) is 9.25. The Labute approximate surface area is 212 Å². The predicted molar refractivity (Wildman–Crippen MR) is 133 cm³/mol. The van der Waals surface area contributed by atoms with Gasteiger partial charge in [-0.2, -0.15) is 14.0 Å². The summed E-state index contributed by atoms with van der Waals surface area (Å²) in [6, 6.07) is 15.6. The molecule has 0 fully saturated rings. The molecule has 0 N–H and O–H groups in total. The van der Waals surface area contributed by atoms with E-state index in [1.54, 1.807) is 29.7 Å². The molecule has 2 aromatic heterocycles. The Morgan fingerprint density at radius 3 is 2.68 bits per heavy atom. The van der Waals surface area contributed by atoms with Gasteiger partial charge >= 0.3 is 6.61 Å². The Bertz CT molecular complexity index is 1580. The second-order valence-electron chi connectivity index (χ2n) is 9.25. The van der Waals surface area contributed by atoms with Crippen molar-refractivity contribution in [2.24, 2.45) is 0 Å². The van der Waals surface area contributed by atoms with E-state index in [4.69, 9.17) is 9.47 Å². The van der Waals surface area contributed by atoms with E-state index in [2.05, 4.69) is 11.1 Å². The maximum absolute atomic E-state index is 14.0. The van der Waals surface area contributed by atoms with Crippen LogP contribution in [0.25, 0.3) is 11.2 Å². The lowest BCUT2D eigenvalue weighted by Gasteiger charge is -2.13. The number of benzene rings is 2. The van der Waals surface area contributed by atoms with Crippen LogP contribution in [0.2, 0.25) is 0 Å². The number of nitrogens with zero attached hydrogens (tertiary/aromatic N) is 3. The zero-order chi connectivity index (χ0) is 26.3. The Kier molecular flexibility index (Phi) is 6.38. The third-order valence-electron chi connectivity index (χ3n) is 6.46. The van der Waals surface area contributed by atoms with Crippen molar-refractivity contribution in [1.29, 1.82) is 5.26 Å². The first-order valence-electron chi connectivity index (χ1n) is 11.9. The summed E-state index contributed by atoms with van der Waals surface area (Å²) >= 11 is 0. The molecule has 1 aliphatic rings. The van der Waals surface area contributed by atoms with Crippen molar-refractivity contribution in [3.8, 4) is 17.6 Å². The average molecular weight is 504 g/mol. The van der Waals surface area contributed by atoms with Crippen LogP contribution in [-0.2, 0) is 13.0 Å². The molecule has 37 heavy (non-hydrogen) atoms. The molecule has 1 aliphatic heterocycles. The number of ether oxygens (including phenoxy) is 2. The molecule has 188 valence electrons. The largest absolute Gasteiger partial charge is 0.488 e. The molecule has 0 radical (unpaired) electrons. The highest BCUT2D eigenvalue weighted by molar-refractivity contribution is 5.88. The van der Waals surface area contributed by atoms with Crippen LogP contribution in [-0.4, -0.2) is 16.0 Å². The quantitative estimate of drug-likeness (QED) is 0.275. The SMILES string of the molecule is C/C(C#N)=C1\c2ccc(Cc3c(C(C)C)nc4c(OC(F)F)cccn34)cc2COc2cc(F)ccc21. The third-order valence-corrected chi connectivity index (χ3v) is 6.46. The summed E-state index contributed by atoms with van der Waals surface area (Å²) in [5.41, 5.74) is 6.55. The lowest BCUT2D eigenvalue weighted by atomic mass is 9.89. The molecule has 0 bridgehead atoms. The van der Waals surface area contributed by atoms with Crippen molar-refractivity contribution < 1.29 is 22.6 Å². The summed E-state index contributed by atoms with van der Waals surface area (Å²) in [7, 11) is 0. The van der Waals surface area contributed by atoms with Crippen molar-refractivity contribution in [3.63, 3.8) is 0 Å². The number of rotatable bonds is 5. The standard InChI is InChI=1S/C29H24F3N3O2/c1-16(2)27-23(35-10-4-5-24(28(35)34-27)37-29(31)32)12-18-6-8-21-19(11-18)15-36-25-13-20(30)7-9-22(25)26(21)17(3)14-33/h4-11,13,16,29H,12,15H2,1-3H3/b26-17-. The molecular formula is C29H24F3N3O2. The van der Waals surface area contributed by atoms with Crippen LogP contribution in [0.3, 0.4) is 0 Å². The van der Waals surface area contributed by atoms with Gasteiger partial charge in [-0.25, -0.2) is 9.37 Å². The molecule has 5 rings (SSSR count). The first-order chi connectivity index (χ1) is 17.8. The maximum atomic E-state index is 14.0. The summed E-state index contributed by atoms with van der Waals surface area (Å²) < 4.78 is 52.4. The van der Waals surface area contributed by atoms with Gasteiger partial charge in [-0.05, 0) is 53.8 Å². The highest BCUT2D eigenvalue weighted by Gasteiger charge is 2.24. The Morgan fingerprint density at radius 2 is 1.95 bits per heavy atom. The smallest absolute Gasteiger partial charge is 0.387 e. The number of imidazole rings is 1. The number of alkyl halides is 2. The molecule has 2 aromatic carbocycles. The molecule has 0 aliphatic carbocycles. The van der Waals surface area contributed by atoms with Crippen molar-refractivity contribution in [3.05, 3.63) is 99.8 Å². The maximum Gasteiger partial charge on any atom is 0.387 e. The van der Waals surface area contributed by atoms with E-state index in [1.165, 1.54) is 18.2 Å². The highest BCUT2D eigenvalue weighted by Crippen LogP contribution is 2.39. The van der Waals surface area contributed by atoms with E-state index >= 15 is 0 Å². The van der Waals surface area contributed by atoms with Crippen LogP contribution in [0.4, 0.5) is 13.2 Å². The van der Waals surface area contributed by atoms with Gasteiger partial charge in [0.15, 0.2) is 11.4 Å². The lowest BCUT2D eigenvalue weighted by Crippen LogP contribution is -2.04. The minimum atomic E-state index is -2.95. The van der Waals surface area contributed by atoms with E-state index in [-0.39, 0.29) is 18.3 Å². The zero-order valence-electron chi connectivity index (χ0n) is 20.6. The lowest BCUT2D eigenvalue weighted by molar-refractivity contribution is -0.0491. The molecule has 4 aromatic rings. The van der Waals surface area contributed by atoms with E-state index < -0.39 is 12.4 Å². The van der Waals surface area contributed by atoms with Gasteiger partial charge in [0.2, 0.25) is 0 Å². The van der Waals surface area contributed by atoms with Crippen molar-refractivity contribution in [2.75, 3.05) is 0 Å².